The quantitative estimate of drug-likeness (QED) is 0.894. The van der Waals surface area contributed by atoms with E-state index in [0.717, 1.165) is 16.8 Å². The summed E-state index contributed by atoms with van der Waals surface area (Å²) in [4.78, 5) is 23.3. The number of hydrogen-bond acceptors (Lipinski definition) is 2. The second kappa shape index (κ2) is 7.30. The summed E-state index contributed by atoms with van der Waals surface area (Å²) in [6, 6.07) is 17.8. The number of amides is 1. The van der Waals surface area contributed by atoms with Gasteiger partial charge in [-0.05, 0) is 48.9 Å². The van der Waals surface area contributed by atoms with Crippen molar-refractivity contribution in [2.75, 3.05) is 5.32 Å². The van der Waals surface area contributed by atoms with Gasteiger partial charge in [0.15, 0.2) is 0 Å². The first-order valence-electron chi connectivity index (χ1n) is 8.16. The van der Waals surface area contributed by atoms with Crippen molar-refractivity contribution in [2.24, 2.45) is 11.8 Å². The highest BCUT2D eigenvalue weighted by molar-refractivity contribution is 5.93. The molecule has 0 bridgehead atoms. The van der Waals surface area contributed by atoms with Crippen LogP contribution in [0.2, 0.25) is 0 Å². The third kappa shape index (κ3) is 3.82. The lowest BCUT2D eigenvalue weighted by molar-refractivity contribution is -0.143. The van der Waals surface area contributed by atoms with Gasteiger partial charge >= 0.3 is 5.97 Å². The molecule has 2 N–H and O–H groups in total. The first kappa shape index (κ1) is 16.2. The monoisotopic (exact) mass is 322 g/mol. The summed E-state index contributed by atoms with van der Waals surface area (Å²) >= 11 is 0. The molecule has 0 spiro atoms. The van der Waals surface area contributed by atoms with E-state index in [-0.39, 0.29) is 17.7 Å². The molecule has 1 radical (unpaired) electrons. The number of carboxylic acid groups (broad SMARTS) is 1. The summed E-state index contributed by atoms with van der Waals surface area (Å²) in [6.07, 6.45) is 3.43. The van der Waals surface area contributed by atoms with Crippen molar-refractivity contribution in [1.82, 2.24) is 0 Å². The number of anilines is 1. The maximum Gasteiger partial charge on any atom is 0.306 e. The van der Waals surface area contributed by atoms with Crippen LogP contribution in [0, 0.1) is 18.3 Å². The molecule has 1 fully saturated rings. The Kier molecular flexibility index (Phi) is 4.94. The van der Waals surface area contributed by atoms with Crippen molar-refractivity contribution in [1.29, 1.82) is 0 Å². The lowest BCUT2D eigenvalue weighted by Crippen LogP contribution is -2.30. The molecular formula is C20H20NO3. The fourth-order valence-corrected chi connectivity index (χ4v) is 3.02. The summed E-state index contributed by atoms with van der Waals surface area (Å²) in [6.45, 7) is 0. The molecule has 1 saturated carbocycles. The minimum atomic E-state index is -0.776. The number of aliphatic carboxylic acids is 1. The van der Waals surface area contributed by atoms with E-state index in [0.29, 0.717) is 19.3 Å². The molecule has 123 valence electrons. The molecule has 2 unspecified atom stereocenters. The molecule has 2 aromatic rings. The Morgan fingerprint density at radius 2 is 1.58 bits per heavy atom. The van der Waals surface area contributed by atoms with Crippen molar-refractivity contribution >= 4 is 17.6 Å². The molecule has 1 aliphatic rings. The van der Waals surface area contributed by atoms with E-state index in [1.165, 1.54) is 0 Å². The molecule has 0 heterocycles. The Morgan fingerprint density at radius 3 is 2.17 bits per heavy atom. The second-order valence-electron chi connectivity index (χ2n) is 6.12. The van der Waals surface area contributed by atoms with Gasteiger partial charge in [-0.25, -0.2) is 0 Å². The normalized spacial score (nSPS) is 20.3. The molecular weight excluding hydrogens is 302 g/mol. The zero-order chi connectivity index (χ0) is 16.9. The fourth-order valence-electron chi connectivity index (χ4n) is 3.02. The SMILES string of the molecule is O=C(Nc1ccc(-c2ccccc2)cc1)C1[CH]CC(C(=O)O)CC1. The Labute approximate surface area is 141 Å². The molecule has 1 amide bonds. The second-order valence-corrected chi connectivity index (χ2v) is 6.12. The number of hydrogen-bond donors (Lipinski definition) is 2. The molecule has 4 nitrogen and oxygen atoms in total. The van der Waals surface area contributed by atoms with E-state index in [1.54, 1.807) is 0 Å². The van der Waals surface area contributed by atoms with Crippen LogP contribution in [0.1, 0.15) is 19.3 Å². The number of carboxylic acids is 1. The van der Waals surface area contributed by atoms with Gasteiger partial charge in [0.1, 0.15) is 0 Å². The minimum absolute atomic E-state index is 0.0636. The predicted molar refractivity (Wildman–Crippen MR) is 93.3 cm³/mol. The standard InChI is InChI=1S/C20H20NO3/c22-19(16-6-8-17(9-7-16)20(23)24)21-18-12-10-15(11-13-18)14-4-2-1-3-5-14/h1-6,10-13,16-17H,7-9H2,(H,21,22)(H,23,24). The smallest absolute Gasteiger partial charge is 0.306 e. The van der Waals surface area contributed by atoms with Crippen LogP contribution >= 0.6 is 0 Å². The van der Waals surface area contributed by atoms with Crippen molar-refractivity contribution < 1.29 is 14.7 Å². The maximum atomic E-state index is 12.3. The molecule has 0 saturated heterocycles. The van der Waals surface area contributed by atoms with Crippen LogP contribution < -0.4 is 5.32 Å². The molecule has 4 heteroatoms. The summed E-state index contributed by atoms with van der Waals surface area (Å²) in [5, 5.41) is 11.9. The Balaban J connectivity index is 1.58. The van der Waals surface area contributed by atoms with Crippen molar-refractivity contribution in [3.8, 4) is 11.1 Å². The number of benzene rings is 2. The van der Waals surface area contributed by atoms with Crippen LogP contribution in [0.4, 0.5) is 5.69 Å². The number of rotatable bonds is 4. The molecule has 2 aromatic carbocycles. The molecule has 0 aliphatic heterocycles. The van der Waals surface area contributed by atoms with E-state index in [2.05, 4.69) is 5.32 Å². The predicted octanol–water partition coefficient (Wildman–Crippen LogP) is 4.00. The highest BCUT2D eigenvalue weighted by Crippen LogP contribution is 2.29. The van der Waals surface area contributed by atoms with Crippen LogP contribution in [0.3, 0.4) is 0 Å². The summed E-state index contributed by atoms with van der Waals surface area (Å²) in [5.41, 5.74) is 2.99. The average molecular weight is 322 g/mol. The zero-order valence-corrected chi connectivity index (χ0v) is 13.3. The minimum Gasteiger partial charge on any atom is -0.481 e. The largest absolute Gasteiger partial charge is 0.481 e. The Hall–Kier alpha value is -2.62. The van der Waals surface area contributed by atoms with Crippen LogP contribution in [0.5, 0.6) is 0 Å². The summed E-state index contributed by atoms with van der Waals surface area (Å²) in [7, 11) is 0. The van der Waals surface area contributed by atoms with Gasteiger partial charge in [0, 0.05) is 11.6 Å². The Morgan fingerprint density at radius 1 is 0.917 bits per heavy atom. The zero-order valence-electron chi connectivity index (χ0n) is 13.3. The van der Waals surface area contributed by atoms with Gasteiger partial charge in [-0.3, -0.25) is 9.59 Å². The van der Waals surface area contributed by atoms with Gasteiger partial charge < -0.3 is 10.4 Å². The van der Waals surface area contributed by atoms with Gasteiger partial charge in [0.25, 0.3) is 0 Å². The van der Waals surface area contributed by atoms with Crippen molar-refractivity contribution in [2.45, 2.75) is 19.3 Å². The van der Waals surface area contributed by atoms with Gasteiger partial charge in [0.2, 0.25) is 5.91 Å². The van der Waals surface area contributed by atoms with E-state index >= 15 is 0 Å². The van der Waals surface area contributed by atoms with Gasteiger partial charge in [-0.1, -0.05) is 42.5 Å². The van der Waals surface area contributed by atoms with Crippen LogP contribution in [0.25, 0.3) is 11.1 Å². The van der Waals surface area contributed by atoms with Crippen LogP contribution in [0.15, 0.2) is 54.6 Å². The van der Waals surface area contributed by atoms with Gasteiger partial charge in [0.05, 0.1) is 5.92 Å². The van der Waals surface area contributed by atoms with Gasteiger partial charge in [-0.2, -0.15) is 0 Å². The lowest BCUT2D eigenvalue weighted by atomic mass is 9.81. The molecule has 0 aromatic heterocycles. The van der Waals surface area contributed by atoms with E-state index < -0.39 is 5.97 Å². The maximum absolute atomic E-state index is 12.3. The first-order chi connectivity index (χ1) is 11.6. The van der Waals surface area contributed by atoms with Crippen LogP contribution in [-0.4, -0.2) is 17.0 Å². The Bertz CT molecular complexity index is 701. The fraction of sp³-hybridized carbons (Fsp3) is 0.250. The molecule has 24 heavy (non-hydrogen) atoms. The first-order valence-corrected chi connectivity index (χ1v) is 8.16. The lowest BCUT2D eigenvalue weighted by Gasteiger charge is -2.24. The highest BCUT2D eigenvalue weighted by Gasteiger charge is 2.29. The van der Waals surface area contributed by atoms with Crippen molar-refractivity contribution in [3.63, 3.8) is 0 Å². The van der Waals surface area contributed by atoms with E-state index in [1.807, 2.05) is 61.0 Å². The molecule has 1 aliphatic carbocycles. The van der Waals surface area contributed by atoms with E-state index in [9.17, 15) is 9.59 Å². The average Bonchev–Trinajstić information content (AvgIpc) is 2.63. The summed E-state index contributed by atoms with van der Waals surface area (Å²) < 4.78 is 0. The summed E-state index contributed by atoms with van der Waals surface area (Å²) in [5.74, 6) is -1.40. The molecule has 3 rings (SSSR count). The topological polar surface area (TPSA) is 66.4 Å². The molecule has 2 atom stereocenters. The third-order valence-electron chi connectivity index (χ3n) is 4.48. The third-order valence-corrected chi connectivity index (χ3v) is 4.48. The number of carbonyl (C=O) groups excluding carboxylic acids is 1. The van der Waals surface area contributed by atoms with Crippen LogP contribution in [-0.2, 0) is 9.59 Å². The van der Waals surface area contributed by atoms with Crippen molar-refractivity contribution in [3.05, 3.63) is 61.0 Å². The van der Waals surface area contributed by atoms with Gasteiger partial charge in [-0.15, -0.1) is 0 Å². The number of nitrogens with one attached hydrogen (secondary N) is 1. The van der Waals surface area contributed by atoms with E-state index in [4.69, 9.17) is 5.11 Å². The highest BCUT2D eigenvalue weighted by atomic mass is 16.4. The number of carbonyl (C=O) groups is 2.